The third-order valence-corrected chi connectivity index (χ3v) is 5.12. The summed E-state index contributed by atoms with van der Waals surface area (Å²) in [6.45, 7) is 10.3. The lowest BCUT2D eigenvalue weighted by Crippen LogP contribution is -2.22. The predicted molar refractivity (Wildman–Crippen MR) is 122 cm³/mol. The molecule has 0 radical (unpaired) electrons. The third-order valence-electron chi connectivity index (χ3n) is 5.12. The van der Waals surface area contributed by atoms with E-state index in [1.807, 2.05) is 36.7 Å². The van der Waals surface area contributed by atoms with Crippen molar-refractivity contribution < 1.29 is 14.0 Å². The minimum atomic E-state index is -0.373. The molecule has 4 rings (SSSR count). The molecule has 32 heavy (non-hydrogen) atoms. The predicted octanol–water partition coefficient (Wildman–Crippen LogP) is 5.82. The quantitative estimate of drug-likeness (QED) is 0.388. The van der Waals surface area contributed by atoms with Gasteiger partial charge in [0.25, 0.3) is 0 Å². The first kappa shape index (κ1) is 21.8. The highest BCUT2D eigenvalue weighted by molar-refractivity contribution is 5.85. The Morgan fingerprint density at radius 3 is 2.62 bits per heavy atom. The lowest BCUT2D eigenvalue weighted by molar-refractivity contribution is 0.188. The summed E-state index contributed by atoms with van der Waals surface area (Å²) >= 11 is 0. The SMILES string of the molecule is Cc1ccc2nccc(Oc3cc(F)c(CNOc4cnn(C(C)(C)C)c4)cc3C)c2c1. The van der Waals surface area contributed by atoms with Crippen molar-refractivity contribution in [2.75, 3.05) is 0 Å². The number of pyridine rings is 1. The zero-order valence-electron chi connectivity index (χ0n) is 18.9. The molecule has 0 amide bonds. The summed E-state index contributed by atoms with van der Waals surface area (Å²) in [4.78, 5) is 9.90. The van der Waals surface area contributed by atoms with Crippen molar-refractivity contribution in [1.82, 2.24) is 20.2 Å². The molecule has 0 spiro atoms. The molecule has 0 aliphatic carbocycles. The van der Waals surface area contributed by atoms with Gasteiger partial charge in [-0.25, -0.2) is 4.39 Å². The number of nitrogens with zero attached hydrogens (tertiary/aromatic N) is 3. The number of benzene rings is 2. The molecule has 2 aromatic heterocycles. The molecule has 0 fully saturated rings. The van der Waals surface area contributed by atoms with Crippen LogP contribution < -0.4 is 15.1 Å². The Morgan fingerprint density at radius 2 is 1.88 bits per heavy atom. The molecule has 2 aromatic carbocycles. The highest BCUT2D eigenvalue weighted by atomic mass is 19.1. The first-order valence-electron chi connectivity index (χ1n) is 10.5. The summed E-state index contributed by atoms with van der Waals surface area (Å²) < 4.78 is 22.7. The van der Waals surface area contributed by atoms with Gasteiger partial charge < -0.3 is 9.57 Å². The smallest absolute Gasteiger partial charge is 0.185 e. The monoisotopic (exact) mass is 434 g/mol. The summed E-state index contributed by atoms with van der Waals surface area (Å²) in [6, 6.07) is 10.9. The molecule has 0 unspecified atom stereocenters. The number of hydrogen-bond donors (Lipinski definition) is 1. The Kier molecular flexibility index (Phi) is 5.84. The van der Waals surface area contributed by atoms with E-state index in [2.05, 4.69) is 36.3 Å². The first-order valence-corrected chi connectivity index (χ1v) is 10.5. The van der Waals surface area contributed by atoms with E-state index in [4.69, 9.17) is 9.57 Å². The van der Waals surface area contributed by atoms with E-state index in [0.29, 0.717) is 22.8 Å². The van der Waals surface area contributed by atoms with Crippen LogP contribution >= 0.6 is 0 Å². The summed E-state index contributed by atoms with van der Waals surface area (Å²) in [5.41, 5.74) is 5.91. The standard InChI is InChI=1S/C25H27FN4O2/c1-16-6-7-22-20(10-16)23(8-9-27-22)31-24-12-21(26)18(11-17(24)2)13-29-32-19-14-28-30(15-19)25(3,4)5/h6-12,14-15,29H,13H2,1-5H3. The van der Waals surface area contributed by atoms with E-state index in [1.54, 1.807) is 30.7 Å². The molecule has 0 saturated heterocycles. The largest absolute Gasteiger partial charge is 0.456 e. The van der Waals surface area contributed by atoms with Crippen molar-refractivity contribution in [3.05, 3.63) is 77.5 Å². The van der Waals surface area contributed by atoms with Crippen molar-refractivity contribution in [1.29, 1.82) is 0 Å². The lowest BCUT2D eigenvalue weighted by Gasteiger charge is -2.18. The zero-order valence-corrected chi connectivity index (χ0v) is 18.9. The Labute approximate surface area is 187 Å². The maximum absolute atomic E-state index is 14.8. The number of aryl methyl sites for hydroxylation is 2. The van der Waals surface area contributed by atoms with Crippen molar-refractivity contribution in [2.24, 2.45) is 0 Å². The molecule has 0 saturated carbocycles. The van der Waals surface area contributed by atoms with Gasteiger partial charge in [-0.05, 0) is 64.4 Å². The number of halogens is 1. The zero-order chi connectivity index (χ0) is 22.9. The number of nitrogens with one attached hydrogen (secondary N) is 1. The first-order chi connectivity index (χ1) is 15.2. The fourth-order valence-corrected chi connectivity index (χ4v) is 3.33. The van der Waals surface area contributed by atoms with Gasteiger partial charge in [0, 0.05) is 23.2 Å². The molecule has 0 aliphatic heterocycles. The van der Waals surface area contributed by atoms with Gasteiger partial charge in [0.05, 0.1) is 30.0 Å². The summed E-state index contributed by atoms with van der Waals surface area (Å²) in [5, 5.41) is 5.17. The number of hydrogen-bond acceptors (Lipinski definition) is 5. The van der Waals surface area contributed by atoms with Gasteiger partial charge in [-0.3, -0.25) is 9.67 Å². The van der Waals surface area contributed by atoms with Crippen LogP contribution in [0.4, 0.5) is 4.39 Å². The van der Waals surface area contributed by atoms with Crippen LogP contribution in [0.1, 0.15) is 37.5 Å². The van der Waals surface area contributed by atoms with E-state index in [1.165, 1.54) is 6.07 Å². The van der Waals surface area contributed by atoms with Gasteiger partial charge >= 0.3 is 0 Å². The minimum absolute atomic E-state index is 0.139. The fraction of sp³-hybridized carbons (Fsp3) is 0.280. The molecule has 2 heterocycles. The van der Waals surface area contributed by atoms with Crippen LogP contribution in [0, 0.1) is 19.7 Å². The van der Waals surface area contributed by atoms with Crippen LogP contribution in [-0.2, 0) is 12.1 Å². The maximum Gasteiger partial charge on any atom is 0.185 e. The molecular formula is C25H27FN4O2. The molecule has 0 atom stereocenters. The topological polar surface area (TPSA) is 61.2 Å². The van der Waals surface area contributed by atoms with E-state index >= 15 is 0 Å². The lowest BCUT2D eigenvalue weighted by atomic mass is 10.1. The average Bonchev–Trinajstić information content (AvgIpc) is 3.21. The van der Waals surface area contributed by atoms with Gasteiger partial charge in [-0.1, -0.05) is 11.6 Å². The van der Waals surface area contributed by atoms with Crippen LogP contribution in [0.2, 0.25) is 0 Å². The Morgan fingerprint density at radius 1 is 1.06 bits per heavy atom. The van der Waals surface area contributed by atoms with Crippen LogP contribution in [0.3, 0.4) is 0 Å². The van der Waals surface area contributed by atoms with Crippen LogP contribution in [-0.4, -0.2) is 14.8 Å². The second-order valence-corrected chi connectivity index (χ2v) is 8.86. The van der Waals surface area contributed by atoms with Crippen molar-refractivity contribution in [3.8, 4) is 17.2 Å². The van der Waals surface area contributed by atoms with Gasteiger partial charge in [0.2, 0.25) is 0 Å². The Bertz CT molecular complexity index is 1260. The van der Waals surface area contributed by atoms with E-state index in [9.17, 15) is 4.39 Å². The van der Waals surface area contributed by atoms with Crippen LogP contribution in [0.25, 0.3) is 10.9 Å². The molecule has 4 aromatic rings. The van der Waals surface area contributed by atoms with E-state index < -0.39 is 0 Å². The summed E-state index contributed by atoms with van der Waals surface area (Å²) in [6.07, 6.45) is 5.11. The number of hydroxylamine groups is 1. The average molecular weight is 435 g/mol. The highest BCUT2D eigenvalue weighted by Gasteiger charge is 2.15. The van der Waals surface area contributed by atoms with Crippen molar-refractivity contribution >= 4 is 10.9 Å². The molecule has 166 valence electrons. The third kappa shape index (κ3) is 4.73. The van der Waals surface area contributed by atoms with Gasteiger partial charge in [0.15, 0.2) is 5.75 Å². The summed E-state index contributed by atoms with van der Waals surface area (Å²) in [5.74, 6) is 1.30. The Balaban J connectivity index is 1.47. The van der Waals surface area contributed by atoms with Crippen molar-refractivity contribution in [3.63, 3.8) is 0 Å². The van der Waals surface area contributed by atoms with Crippen LogP contribution in [0.5, 0.6) is 17.2 Å². The van der Waals surface area contributed by atoms with Crippen molar-refractivity contribution in [2.45, 2.75) is 46.7 Å². The number of rotatable bonds is 6. The molecule has 1 N–H and O–H groups in total. The number of ether oxygens (including phenoxy) is 1. The Hall–Kier alpha value is -3.45. The van der Waals surface area contributed by atoms with Crippen LogP contribution in [0.15, 0.2) is 55.0 Å². The summed E-state index contributed by atoms with van der Waals surface area (Å²) in [7, 11) is 0. The second-order valence-electron chi connectivity index (χ2n) is 8.86. The molecule has 0 aliphatic rings. The van der Waals surface area contributed by atoms with E-state index in [-0.39, 0.29) is 17.9 Å². The number of fused-ring (bicyclic) bond motifs is 1. The highest BCUT2D eigenvalue weighted by Crippen LogP contribution is 2.32. The molecule has 7 heteroatoms. The maximum atomic E-state index is 14.8. The minimum Gasteiger partial charge on any atom is -0.456 e. The van der Waals surface area contributed by atoms with Gasteiger partial charge in [-0.2, -0.15) is 10.6 Å². The fourth-order valence-electron chi connectivity index (χ4n) is 3.33. The molecular weight excluding hydrogens is 407 g/mol. The van der Waals surface area contributed by atoms with E-state index in [0.717, 1.165) is 22.0 Å². The molecule has 0 bridgehead atoms. The normalized spacial score (nSPS) is 11.7. The van der Waals surface area contributed by atoms with Gasteiger partial charge in [-0.15, -0.1) is 0 Å². The number of aromatic nitrogens is 3. The van der Waals surface area contributed by atoms with Gasteiger partial charge in [0.1, 0.15) is 17.3 Å². The molecule has 6 nitrogen and oxygen atoms in total. The second kappa shape index (κ2) is 8.59.